The molecular weight excluding hydrogens is 284 g/mol. The van der Waals surface area contributed by atoms with Crippen molar-refractivity contribution in [2.75, 3.05) is 0 Å². The molecular formula is C12H20N2O3S2. The molecule has 0 saturated heterocycles. The van der Waals surface area contributed by atoms with Gasteiger partial charge in [-0.05, 0) is 31.6 Å². The molecule has 108 valence electrons. The van der Waals surface area contributed by atoms with E-state index in [2.05, 4.69) is 23.6 Å². The van der Waals surface area contributed by atoms with E-state index < -0.39 is 10.0 Å². The van der Waals surface area contributed by atoms with Gasteiger partial charge in [-0.25, -0.2) is 13.1 Å². The van der Waals surface area contributed by atoms with Crippen molar-refractivity contribution in [3.63, 3.8) is 0 Å². The van der Waals surface area contributed by atoms with Crippen LogP contribution in [-0.2, 0) is 10.0 Å². The number of aromatic amines is 1. The van der Waals surface area contributed by atoms with Crippen LogP contribution in [-0.4, -0.2) is 19.4 Å². The Labute approximate surface area is 117 Å². The lowest BCUT2D eigenvalue weighted by atomic mass is 9.94. The van der Waals surface area contributed by atoms with Gasteiger partial charge in [0.25, 0.3) is 10.0 Å². The van der Waals surface area contributed by atoms with Crippen molar-refractivity contribution >= 4 is 21.4 Å². The third kappa shape index (κ3) is 2.93. The number of aryl methyl sites for hydroxylation is 1. The number of H-pyrrole nitrogens is 1. The van der Waals surface area contributed by atoms with Crippen molar-refractivity contribution in [2.24, 2.45) is 11.8 Å². The molecule has 1 saturated carbocycles. The van der Waals surface area contributed by atoms with Crippen LogP contribution in [0.15, 0.2) is 9.00 Å². The molecule has 1 aromatic heterocycles. The van der Waals surface area contributed by atoms with E-state index >= 15 is 0 Å². The molecule has 5 nitrogen and oxygen atoms in total. The Morgan fingerprint density at radius 3 is 2.58 bits per heavy atom. The van der Waals surface area contributed by atoms with Gasteiger partial charge in [0, 0.05) is 11.7 Å². The minimum absolute atomic E-state index is 0.0217. The maximum atomic E-state index is 12.3. The molecule has 1 aromatic rings. The Morgan fingerprint density at radius 1 is 1.42 bits per heavy atom. The maximum absolute atomic E-state index is 12.3. The van der Waals surface area contributed by atoms with E-state index in [9.17, 15) is 13.2 Å². The molecule has 1 heterocycles. The summed E-state index contributed by atoms with van der Waals surface area (Å²) in [4.78, 5) is 13.4. The van der Waals surface area contributed by atoms with Crippen LogP contribution in [0.2, 0.25) is 0 Å². The number of thiazole rings is 1. The van der Waals surface area contributed by atoms with Crippen molar-refractivity contribution in [3.8, 4) is 0 Å². The van der Waals surface area contributed by atoms with Gasteiger partial charge in [0.15, 0.2) is 4.21 Å². The highest BCUT2D eigenvalue weighted by Gasteiger charge is 2.35. The fourth-order valence-corrected chi connectivity index (χ4v) is 5.57. The van der Waals surface area contributed by atoms with Gasteiger partial charge in [-0.1, -0.05) is 31.6 Å². The van der Waals surface area contributed by atoms with Crippen LogP contribution < -0.4 is 9.60 Å². The molecule has 0 bridgehead atoms. The second kappa shape index (κ2) is 5.38. The van der Waals surface area contributed by atoms with Crippen molar-refractivity contribution in [3.05, 3.63) is 15.4 Å². The van der Waals surface area contributed by atoms with Crippen molar-refractivity contribution < 1.29 is 8.42 Å². The number of hydrogen-bond donors (Lipinski definition) is 2. The molecule has 7 heteroatoms. The summed E-state index contributed by atoms with van der Waals surface area (Å²) in [7, 11) is -3.58. The molecule has 3 unspecified atom stereocenters. The summed E-state index contributed by atoms with van der Waals surface area (Å²) < 4.78 is 27.5. The summed E-state index contributed by atoms with van der Waals surface area (Å²) in [6, 6.07) is -0.0217. The number of aromatic nitrogens is 1. The first-order chi connectivity index (χ1) is 8.85. The van der Waals surface area contributed by atoms with Crippen LogP contribution in [0.5, 0.6) is 0 Å². The van der Waals surface area contributed by atoms with Crippen LogP contribution in [0.3, 0.4) is 0 Å². The van der Waals surface area contributed by atoms with E-state index in [1.165, 1.54) is 0 Å². The van der Waals surface area contributed by atoms with E-state index in [0.29, 0.717) is 17.5 Å². The van der Waals surface area contributed by atoms with Crippen molar-refractivity contribution in [2.45, 2.75) is 50.3 Å². The summed E-state index contributed by atoms with van der Waals surface area (Å²) in [6.45, 7) is 5.85. The Hall–Kier alpha value is -0.660. The fourth-order valence-electron chi connectivity index (χ4n) is 2.89. The van der Waals surface area contributed by atoms with E-state index in [1.54, 1.807) is 6.92 Å². The first kappa shape index (κ1) is 14.7. The van der Waals surface area contributed by atoms with Crippen LogP contribution >= 0.6 is 11.3 Å². The maximum Gasteiger partial charge on any atom is 0.305 e. The summed E-state index contributed by atoms with van der Waals surface area (Å²) in [5.74, 6) is 0.925. The Balaban J connectivity index is 2.19. The third-order valence-electron chi connectivity index (χ3n) is 4.08. The van der Waals surface area contributed by atoms with Crippen LogP contribution in [0.4, 0.5) is 0 Å². The molecule has 0 radical (unpaired) electrons. The molecule has 1 fully saturated rings. The second-order valence-corrected chi connectivity index (χ2v) is 8.15. The summed E-state index contributed by atoms with van der Waals surface area (Å²) in [5.41, 5.74) is 0.417. The van der Waals surface area contributed by atoms with Gasteiger partial charge in [-0.15, -0.1) is 0 Å². The number of hydrogen-bond acceptors (Lipinski definition) is 4. The van der Waals surface area contributed by atoms with Gasteiger partial charge in [0.1, 0.15) is 0 Å². The SMILES string of the molecule is CCC1CCC(NS(=O)(=O)c2sc(=O)[nH]c2C)C1C. The van der Waals surface area contributed by atoms with Gasteiger partial charge in [0.2, 0.25) is 0 Å². The highest BCUT2D eigenvalue weighted by Crippen LogP contribution is 2.34. The van der Waals surface area contributed by atoms with E-state index in [0.717, 1.165) is 30.6 Å². The zero-order valence-corrected chi connectivity index (χ0v) is 13.0. The standard InChI is InChI=1S/C12H20N2O3S2/c1-4-9-5-6-10(7(9)2)14-19(16,17)11-8(3)13-12(15)18-11/h7,9-10,14H,4-6H2,1-3H3,(H,13,15). The summed E-state index contributed by atoms with van der Waals surface area (Å²) in [5, 5.41) is 0. The normalized spacial score (nSPS) is 27.8. The predicted octanol–water partition coefficient (Wildman–Crippen LogP) is 1.85. The minimum Gasteiger partial charge on any atom is -0.315 e. The zero-order valence-electron chi connectivity index (χ0n) is 11.4. The molecule has 1 aliphatic rings. The van der Waals surface area contributed by atoms with Crippen LogP contribution in [0.1, 0.15) is 38.8 Å². The Morgan fingerprint density at radius 2 is 2.11 bits per heavy atom. The molecule has 2 N–H and O–H groups in total. The van der Waals surface area contributed by atoms with E-state index in [4.69, 9.17) is 0 Å². The molecule has 1 aliphatic carbocycles. The van der Waals surface area contributed by atoms with Gasteiger partial charge in [-0.3, -0.25) is 4.79 Å². The van der Waals surface area contributed by atoms with E-state index in [-0.39, 0.29) is 15.1 Å². The van der Waals surface area contributed by atoms with E-state index in [1.807, 2.05) is 0 Å². The van der Waals surface area contributed by atoms with Crippen molar-refractivity contribution in [1.29, 1.82) is 0 Å². The molecule has 0 aliphatic heterocycles. The molecule has 2 rings (SSSR count). The fraction of sp³-hybridized carbons (Fsp3) is 0.750. The van der Waals surface area contributed by atoms with Crippen LogP contribution in [0, 0.1) is 18.8 Å². The number of sulfonamides is 1. The molecule has 3 atom stereocenters. The van der Waals surface area contributed by atoms with Gasteiger partial charge in [0.05, 0.1) is 0 Å². The molecule has 0 aromatic carbocycles. The monoisotopic (exact) mass is 304 g/mol. The topological polar surface area (TPSA) is 79.0 Å². The van der Waals surface area contributed by atoms with Gasteiger partial charge >= 0.3 is 4.87 Å². The summed E-state index contributed by atoms with van der Waals surface area (Å²) >= 11 is 0.751. The lowest BCUT2D eigenvalue weighted by molar-refractivity contribution is 0.368. The first-order valence-corrected chi connectivity index (χ1v) is 8.87. The minimum atomic E-state index is -3.58. The Bertz CT molecular complexity index is 603. The van der Waals surface area contributed by atoms with Gasteiger partial charge < -0.3 is 4.98 Å². The average Bonchev–Trinajstić information content (AvgIpc) is 2.83. The summed E-state index contributed by atoms with van der Waals surface area (Å²) in [6.07, 6.45) is 3.01. The first-order valence-electron chi connectivity index (χ1n) is 6.57. The zero-order chi connectivity index (χ0) is 14.2. The number of nitrogens with one attached hydrogen (secondary N) is 2. The third-order valence-corrected chi connectivity index (χ3v) is 7.18. The highest BCUT2D eigenvalue weighted by atomic mass is 32.2. The van der Waals surface area contributed by atoms with Gasteiger partial charge in [-0.2, -0.15) is 0 Å². The Kier molecular flexibility index (Phi) is 4.17. The largest absolute Gasteiger partial charge is 0.315 e. The van der Waals surface area contributed by atoms with Crippen LogP contribution in [0.25, 0.3) is 0 Å². The lowest BCUT2D eigenvalue weighted by Crippen LogP contribution is -2.37. The molecule has 19 heavy (non-hydrogen) atoms. The average molecular weight is 304 g/mol. The predicted molar refractivity (Wildman–Crippen MR) is 76.0 cm³/mol. The molecule has 0 amide bonds. The smallest absolute Gasteiger partial charge is 0.305 e. The highest BCUT2D eigenvalue weighted by molar-refractivity contribution is 7.91. The number of rotatable bonds is 4. The quantitative estimate of drug-likeness (QED) is 0.891. The lowest BCUT2D eigenvalue weighted by Gasteiger charge is -2.20. The second-order valence-electron chi connectivity index (χ2n) is 5.26. The van der Waals surface area contributed by atoms with Crippen molar-refractivity contribution in [1.82, 2.24) is 9.71 Å². The molecule has 0 spiro atoms.